The van der Waals surface area contributed by atoms with E-state index in [9.17, 15) is 9.36 Å². The van der Waals surface area contributed by atoms with E-state index >= 15 is 0 Å². The van der Waals surface area contributed by atoms with Crippen molar-refractivity contribution in [1.29, 1.82) is 0 Å². The zero-order valence-corrected chi connectivity index (χ0v) is 9.12. The molecule has 5 nitrogen and oxygen atoms in total. The molecule has 0 aliphatic carbocycles. The topological polar surface area (TPSA) is 64.6 Å². The molecule has 0 radical (unpaired) electrons. The average Bonchev–Trinajstić information content (AvgIpc) is 2.13. The lowest BCUT2D eigenvalue weighted by atomic mass is 10.4. The van der Waals surface area contributed by atoms with Gasteiger partial charge >= 0.3 is 5.97 Å². The number of hydrogen-bond acceptors (Lipinski definition) is 4. The summed E-state index contributed by atoms with van der Waals surface area (Å²) in [7, 11) is -1.02. The molecule has 2 atom stereocenters. The van der Waals surface area contributed by atoms with Crippen molar-refractivity contribution in [3.8, 4) is 0 Å². The van der Waals surface area contributed by atoms with Crippen molar-refractivity contribution in [3.05, 3.63) is 0 Å². The van der Waals surface area contributed by atoms with E-state index in [1.165, 1.54) is 7.11 Å². The Morgan fingerprint density at radius 2 is 2.23 bits per heavy atom. The number of esters is 1. The SMILES string of the molecule is CCCO[PH](=O)N[C@@H](C)C(=O)OC. The molecule has 0 fully saturated rings. The number of rotatable bonds is 6. The van der Waals surface area contributed by atoms with E-state index in [-0.39, 0.29) is 0 Å². The summed E-state index contributed by atoms with van der Waals surface area (Å²) in [6.07, 6.45) is 0.796. The zero-order chi connectivity index (χ0) is 10.3. The molecule has 0 spiro atoms. The Balaban J connectivity index is 3.71. The number of nitrogens with one attached hydrogen (secondary N) is 1. The van der Waals surface area contributed by atoms with Crippen molar-refractivity contribution in [2.24, 2.45) is 0 Å². The van der Waals surface area contributed by atoms with E-state index in [4.69, 9.17) is 4.52 Å². The predicted molar refractivity (Wildman–Crippen MR) is 49.9 cm³/mol. The standard InChI is InChI=1S/C7H16NO4P/c1-4-5-12-13(10)8-6(2)7(9)11-3/h6,13H,4-5H2,1-3H3,(H,8,10)/t6-/m0/s1. The van der Waals surface area contributed by atoms with E-state index < -0.39 is 20.2 Å². The maximum Gasteiger partial charge on any atom is 0.322 e. The molecule has 0 bridgehead atoms. The van der Waals surface area contributed by atoms with Crippen LogP contribution in [0.2, 0.25) is 0 Å². The average molecular weight is 209 g/mol. The first-order valence-corrected chi connectivity index (χ1v) is 5.44. The Morgan fingerprint density at radius 3 is 2.69 bits per heavy atom. The fourth-order valence-electron chi connectivity index (χ4n) is 0.649. The first kappa shape index (κ1) is 12.6. The van der Waals surface area contributed by atoms with Gasteiger partial charge in [0.15, 0.2) is 0 Å². The predicted octanol–water partition coefficient (Wildman–Crippen LogP) is 0.954. The largest absolute Gasteiger partial charge is 0.468 e. The number of hydrogen-bond donors (Lipinski definition) is 1. The van der Waals surface area contributed by atoms with Crippen LogP contribution >= 0.6 is 8.18 Å². The Hall–Kier alpha value is -0.380. The molecular formula is C7H16NO4P. The maximum atomic E-state index is 11.1. The first-order chi connectivity index (χ1) is 6.11. The van der Waals surface area contributed by atoms with Gasteiger partial charge in [-0.2, -0.15) is 0 Å². The summed E-state index contributed by atoms with van der Waals surface area (Å²) in [6.45, 7) is 3.92. The second-order valence-corrected chi connectivity index (χ2v) is 3.68. The summed E-state index contributed by atoms with van der Waals surface area (Å²) in [5, 5.41) is 2.51. The third-order valence-electron chi connectivity index (χ3n) is 1.33. The molecule has 13 heavy (non-hydrogen) atoms. The van der Waals surface area contributed by atoms with Crippen LogP contribution in [0.5, 0.6) is 0 Å². The van der Waals surface area contributed by atoms with Crippen LogP contribution in [0, 0.1) is 0 Å². The lowest BCUT2D eigenvalue weighted by Gasteiger charge is -2.10. The van der Waals surface area contributed by atoms with E-state index in [0.29, 0.717) is 6.61 Å². The van der Waals surface area contributed by atoms with Gasteiger partial charge < -0.3 is 9.26 Å². The zero-order valence-electron chi connectivity index (χ0n) is 8.12. The van der Waals surface area contributed by atoms with Crippen LogP contribution in [-0.4, -0.2) is 25.7 Å². The van der Waals surface area contributed by atoms with Crippen LogP contribution in [-0.2, 0) is 18.6 Å². The molecule has 1 N–H and O–H groups in total. The van der Waals surface area contributed by atoms with Gasteiger partial charge in [-0.05, 0) is 13.3 Å². The molecule has 6 heteroatoms. The van der Waals surface area contributed by atoms with Crippen molar-refractivity contribution in [3.63, 3.8) is 0 Å². The third-order valence-corrected chi connectivity index (χ3v) is 2.46. The van der Waals surface area contributed by atoms with Crippen molar-refractivity contribution in [2.75, 3.05) is 13.7 Å². The smallest absolute Gasteiger partial charge is 0.322 e. The minimum atomic E-state index is -2.31. The van der Waals surface area contributed by atoms with Gasteiger partial charge in [0.25, 0.3) is 8.18 Å². The summed E-state index contributed by atoms with van der Waals surface area (Å²) in [5.74, 6) is -0.446. The molecule has 1 unspecified atom stereocenters. The lowest BCUT2D eigenvalue weighted by molar-refractivity contribution is -0.142. The molecule has 0 saturated carbocycles. The van der Waals surface area contributed by atoms with Crippen LogP contribution in [0.25, 0.3) is 0 Å². The number of carbonyl (C=O) groups is 1. The Labute approximate surface area is 78.7 Å². The van der Waals surface area contributed by atoms with Gasteiger partial charge in [-0.15, -0.1) is 0 Å². The first-order valence-electron chi connectivity index (χ1n) is 4.13. The molecule has 0 aromatic rings. The Morgan fingerprint density at radius 1 is 1.62 bits per heavy atom. The molecule has 0 amide bonds. The summed E-state index contributed by atoms with van der Waals surface area (Å²) in [6, 6.07) is -0.590. The molecule has 0 aliphatic heterocycles. The number of ether oxygens (including phenoxy) is 1. The molecule has 0 aliphatic rings. The molecule has 0 rings (SSSR count). The Kier molecular flexibility index (Phi) is 6.86. The van der Waals surface area contributed by atoms with Crippen LogP contribution in [0.4, 0.5) is 0 Å². The van der Waals surface area contributed by atoms with Gasteiger partial charge in [0.2, 0.25) is 0 Å². The van der Waals surface area contributed by atoms with Crippen molar-refractivity contribution in [2.45, 2.75) is 26.3 Å². The van der Waals surface area contributed by atoms with E-state index in [1.807, 2.05) is 6.92 Å². The van der Waals surface area contributed by atoms with Crippen LogP contribution in [0.15, 0.2) is 0 Å². The van der Waals surface area contributed by atoms with Gasteiger partial charge in [-0.25, -0.2) is 5.09 Å². The Bertz CT molecular complexity index is 185. The van der Waals surface area contributed by atoms with Gasteiger partial charge in [0.1, 0.15) is 6.04 Å². The van der Waals surface area contributed by atoms with Crippen molar-refractivity contribution in [1.82, 2.24) is 5.09 Å². The van der Waals surface area contributed by atoms with Crippen LogP contribution in [0.1, 0.15) is 20.3 Å². The van der Waals surface area contributed by atoms with Crippen LogP contribution in [0.3, 0.4) is 0 Å². The number of carbonyl (C=O) groups excluding carboxylic acids is 1. The summed E-state index contributed by atoms with van der Waals surface area (Å²) < 4.78 is 20.4. The van der Waals surface area contributed by atoms with Crippen molar-refractivity contribution >= 4 is 14.1 Å². The maximum absolute atomic E-state index is 11.1. The van der Waals surface area contributed by atoms with E-state index in [1.54, 1.807) is 6.92 Å². The fraction of sp³-hybridized carbons (Fsp3) is 0.857. The van der Waals surface area contributed by atoms with Gasteiger partial charge in [-0.3, -0.25) is 9.36 Å². The molecule has 78 valence electrons. The van der Waals surface area contributed by atoms with Gasteiger partial charge in [0, 0.05) is 0 Å². The van der Waals surface area contributed by atoms with Gasteiger partial charge in [0.05, 0.1) is 13.7 Å². The molecular weight excluding hydrogens is 193 g/mol. The quantitative estimate of drug-likeness (QED) is 0.521. The number of methoxy groups -OCH3 is 1. The highest BCUT2D eigenvalue weighted by Crippen LogP contribution is 2.17. The highest BCUT2D eigenvalue weighted by molar-refractivity contribution is 7.36. The second kappa shape index (κ2) is 7.06. The summed E-state index contributed by atoms with van der Waals surface area (Å²) >= 11 is 0. The third kappa shape index (κ3) is 5.80. The molecule has 0 saturated heterocycles. The molecule has 0 aromatic heterocycles. The highest BCUT2D eigenvalue weighted by atomic mass is 31.1. The second-order valence-electron chi connectivity index (χ2n) is 2.53. The monoisotopic (exact) mass is 209 g/mol. The van der Waals surface area contributed by atoms with E-state index in [0.717, 1.165) is 6.42 Å². The van der Waals surface area contributed by atoms with Crippen molar-refractivity contribution < 1.29 is 18.6 Å². The van der Waals surface area contributed by atoms with Crippen LogP contribution < -0.4 is 5.09 Å². The molecule has 0 aromatic carbocycles. The highest BCUT2D eigenvalue weighted by Gasteiger charge is 2.14. The fourth-order valence-corrected chi connectivity index (χ4v) is 1.59. The minimum Gasteiger partial charge on any atom is -0.468 e. The normalized spacial score (nSPS) is 15.0. The molecule has 0 heterocycles. The summed E-state index contributed by atoms with van der Waals surface area (Å²) in [4.78, 5) is 10.9. The van der Waals surface area contributed by atoms with Gasteiger partial charge in [-0.1, -0.05) is 6.92 Å². The summed E-state index contributed by atoms with van der Waals surface area (Å²) in [5.41, 5.74) is 0. The van der Waals surface area contributed by atoms with E-state index in [2.05, 4.69) is 9.82 Å². The lowest BCUT2D eigenvalue weighted by Crippen LogP contribution is -2.30. The minimum absolute atomic E-state index is 0.429.